The highest BCUT2D eigenvalue weighted by Gasteiger charge is 2.17. The van der Waals surface area contributed by atoms with Gasteiger partial charge in [-0.25, -0.2) is 9.67 Å². The van der Waals surface area contributed by atoms with Crippen molar-refractivity contribution in [3.05, 3.63) is 53.6 Å². The second-order valence-electron chi connectivity index (χ2n) is 6.19. The number of pyridine rings is 2. The zero-order valence-corrected chi connectivity index (χ0v) is 14.3. The molecule has 3 aromatic rings. The fourth-order valence-electron chi connectivity index (χ4n) is 2.68. The number of aryl methyl sites for hydroxylation is 1. The molecule has 1 atom stereocenters. The van der Waals surface area contributed by atoms with Crippen molar-refractivity contribution in [2.24, 2.45) is 0 Å². The number of hydrogen-bond acceptors (Lipinski definition) is 4. The molecular weight excluding hydrogens is 302 g/mol. The normalized spacial score (nSPS) is 12.5. The molecule has 3 aromatic heterocycles. The van der Waals surface area contributed by atoms with Crippen molar-refractivity contribution in [1.29, 1.82) is 0 Å². The van der Waals surface area contributed by atoms with Gasteiger partial charge in [0.15, 0.2) is 5.65 Å². The van der Waals surface area contributed by atoms with Crippen LogP contribution in [0.15, 0.2) is 36.8 Å². The largest absolute Gasteiger partial charge is 0.345 e. The van der Waals surface area contributed by atoms with Gasteiger partial charge in [0.2, 0.25) is 0 Å². The third-order valence-corrected chi connectivity index (χ3v) is 4.05. The first-order valence-electron chi connectivity index (χ1n) is 8.03. The van der Waals surface area contributed by atoms with E-state index in [1.165, 1.54) is 0 Å². The number of nitrogens with zero attached hydrogens (tertiary/aromatic N) is 4. The summed E-state index contributed by atoms with van der Waals surface area (Å²) in [5.74, 6) is -0.136. The van der Waals surface area contributed by atoms with E-state index in [9.17, 15) is 4.79 Å². The van der Waals surface area contributed by atoms with Gasteiger partial charge >= 0.3 is 0 Å². The number of carbonyl (C=O) groups is 1. The topological polar surface area (TPSA) is 72.7 Å². The lowest BCUT2D eigenvalue weighted by molar-refractivity contribution is 0.0939. The number of nitrogens with one attached hydrogen (secondary N) is 1. The molecule has 0 aliphatic carbocycles. The summed E-state index contributed by atoms with van der Waals surface area (Å²) in [7, 11) is 0. The second-order valence-corrected chi connectivity index (χ2v) is 6.19. The fourth-order valence-corrected chi connectivity index (χ4v) is 2.68. The molecule has 0 radical (unpaired) electrons. The maximum absolute atomic E-state index is 12.6. The van der Waals surface area contributed by atoms with Crippen molar-refractivity contribution in [2.45, 2.75) is 39.8 Å². The third kappa shape index (κ3) is 2.99. The molecule has 0 saturated heterocycles. The van der Waals surface area contributed by atoms with Gasteiger partial charge in [0.25, 0.3) is 5.91 Å². The highest BCUT2D eigenvalue weighted by atomic mass is 16.1. The molecule has 0 bridgehead atoms. The van der Waals surface area contributed by atoms with Gasteiger partial charge in [-0.2, -0.15) is 5.10 Å². The molecule has 24 heavy (non-hydrogen) atoms. The zero-order chi connectivity index (χ0) is 17.3. The van der Waals surface area contributed by atoms with Crippen molar-refractivity contribution in [3.8, 4) is 0 Å². The van der Waals surface area contributed by atoms with Gasteiger partial charge in [0.05, 0.1) is 23.5 Å². The lowest BCUT2D eigenvalue weighted by Gasteiger charge is -2.15. The van der Waals surface area contributed by atoms with E-state index in [2.05, 4.69) is 34.2 Å². The number of carbonyl (C=O) groups excluding carboxylic acids is 1. The summed E-state index contributed by atoms with van der Waals surface area (Å²) in [5, 5.41) is 8.25. The van der Waals surface area contributed by atoms with Crippen LogP contribution in [-0.2, 0) is 0 Å². The quantitative estimate of drug-likeness (QED) is 0.800. The highest BCUT2D eigenvalue weighted by molar-refractivity contribution is 5.98. The van der Waals surface area contributed by atoms with Gasteiger partial charge in [-0.05, 0) is 51.5 Å². The predicted octanol–water partition coefficient (Wildman–Crippen LogP) is 3.21. The molecule has 3 heterocycles. The van der Waals surface area contributed by atoms with Crippen LogP contribution in [0.25, 0.3) is 11.0 Å². The zero-order valence-electron chi connectivity index (χ0n) is 14.3. The standard InChI is InChI=1S/C18H21N5O/c1-11(2)23-17-15(10-20-23)9-16(13(4)21-17)18(24)22-12(3)14-5-7-19-8-6-14/h5-12H,1-4H3,(H,22,24)/t12-/m0/s1. The van der Waals surface area contributed by atoms with Crippen LogP contribution in [0.3, 0.4) is 0 Å². The van der Waals surface area contributed by atoms with Crippen LogP contribution in [0.5, 0.6) is 0 Å². The van der Waals surface area contributed by atoms with Gasteiger partial charge in [-0.15, -0.1) is 0 Å². The Morgan fingerprint density at radius 2 is 1.92 bits per heavy atom. The van der Waals surface area contributed by atoms with Crippen molar-refractivity contribution >= 4 is 16.9 Å². The molecule has 0 spiro atoms. The summed E-state index contributed by atoms with van der Waals surface area (Å²) in [4.78, 5) is 21.2. The molecule has 0 aliphatic heterocycles. The van der Waals surface area contributed by atoms with Crippen molar-refractivity contribution < 1.29 is 4.79 Å². The molecule has 0 unspecified atom stereocenters. The number of amides is 1. The lowest BCUT2D eigenvalue weighted by atomic mass is 10.1. The molecule has 124 valence electrons. The summed E-state index contributed by atoms with van der Waals surface area (Å²) in [6, 6.07) is 5.77. The molecule has 1 N–H and O–H groups in total. The number of rotatable bonds is 4. The molecule has 0 aliphatic rings. The van der Waals surface area contributed by atoms with Gasteiger partial charge in [-0.1, -0.05) is 0 Å². The Hall–Kier alpha value is -2.76. The molecular formula is C18H21N5O. The highest BCUT2D eigenvalue weighted by Crippen LogP contribution is 2.20. The lowest BCUT2D eigenvalue weighted by Crippen LogP contribution is -2.27. The number of aromatic nitrogens is 4. The van der Waals surface area contributed by atoms with E-state index in [-0.39, 0.29) is 18.0 Å². The maximum atomic E-state index is 12.6. The van der Waals surface area contributed by atoms with E-state index < -0.39 is 0 Å². The van der Waals surface area contributed by atoms with E-state index in [0.717, 1.165) is 16.6 Å². The molecule has 0 fully saturated rings. The average molecular weight is 323 g/mol. The second kappa shape index (κ2) is 6.39. The Morgan fingerprint density at radius 1 is 1.21 bits per heavy atom. The van der Waals surface area contributed by atoms with Gasteiger partial charge in [0, 0.05) is 23.8 Å². The first-order valence-corrected chi connectivity index (χ1v) is 8.03. The van der Waals surface area contributed by atoms with Crippen LogP contribution in [0.1, 0.15) is 54.5 Å². The van der Waals surface area contributed by atoms with Gasteiger partial charge in [0.1, 0.15) is 0 Å². The smallest absolute Gasteiger partial charge is 0.253 e. The van der Waals surface area contributed by atoms with E-state index in [1.807, 2.05) is 36.7 Å². The minimum absolute atomic E-state index is 0.103. The van der Waals surface area contributed by atoms with E-state index >= 15 is 0 Å². The maximum Gasteiger partial charge on any atom is 0.253 e. The molecule has 1 amide bonds. The average Bonchev–Trinajstić information content (AvgIpc) is 2.97. The molecule has 6 heteroatoms. The monoisotopic (exact) mass is 323 g/mol. The van der Waals surface area contributed by atoms with Crippen LogP contribution in [0, 0.1) is 6.92 Å². The molecule has 6 nitrogen and oxygen atoms in total. The summed E-state index contributed by atoms with van der Waals surface area (Å²) in [6.07, 6.45) is 5.19. The summed E-state index contributed by atoms with van der Waals surface area (Å²) < 4.78 is 1.86. The Labute approximate surface area is 140 Å². The Balaban J connectivity index is 1.89. The van der Waals surface area contributed by atoms with Crippen LogP contribution in [0.2, 0.25) is 0 Å². The molecule has 0 aromatic carbocycles. The van der Waals surface area contributed by atoms with Gasteiger partial charge < -0.3 is 5.32 Å². The third-order valence-electron chi connectivity index (χ3n) is 4.05. The fraction of sp³-hybridized carbons (Fsp3) is 0.333. The van der Waals surface area contributed by atoms with E-state index in [1.54, 1.807) is 18.6 Å². The van der Waals surface area contributed by atoms with Crippen LogP contribution in [0.4, 0.5) is 0 Å². The van der Waals surface area contributed by atoms with Crippen molar-refractivity contribution in [2.75, 3.05) is 0 Å². The summed E-state index contributed by atoms with van der Waals surface area (Å²) in [5.41, 5.74) is 3.09. The Kier molecular flexibility index (Phi) is 4.29. The van der Waals surface area contributed by atoms with Gasteiger partial charge in [-0.3, -0.25) is 9.78 Å². The first kappa shape index (κ1) is 16.1. The van der Waals surface area contributed by atoms with Crippen LogP contribution < -0.4 is 5.32 Å². The van der Waals surface area contributed by atoms with Crippen molar-refractivity contribution in [1.82, 2.24) is 25.1 Å². The summed E-state index contributed by atoms with van der Waals surface area (Å²) in [6.45, 7) is 7.91. The molecule has 3 rings (SSSR count). The first-order chi connectivity index (χ1) is 11.5. The Morgan fingerprint density at radius 3 is 2.58 bits per heavy atom. The summed E-state index contributed by atoms with van der Waals surface area (Å²) >= 11 is 0. The van der Waals surface area contributed by atoms with Crippen LogP contribution >= 0.6 is 0 Å². The van der Waals surface area contributed by atoms with E-state index in [4.69, 9.17) is 0 Å². The Bertz CT molecular complexity index is 870. The minimum atomic E-state index is -0.136. The number of hydrogen-bond donors (Lipinski definition) is 1. The minimum Gasteiger partial charge on any atom is -0.345 e. The molecule has 0 saturated carbocycles. The van der Waals surface area contributed by atoms with Crippen LogP contribution in [-0.4, -0.2) is 25.7 Å². The van der Waals surface area contributed by atoms with E-state index in [0.29, 0.717) is 11.3 Å². The SMILES string of the molecule is Cc1nc2c(cnn2C(C)C)cc1C(=O)N[C@@H](C)c1ccncc1. The van der Waals surface area contributed by atoms with Crippen molar-refractivity contribution in [3.63, 3.8) is 0 Å². The predicted molar refractivity (Wildman–Crippen MR) is 92.8 cm³/mol. The number of fused-ring (bicyclic) bond motifs is 1.